The minimum atomic E-state index is -0.342. The molecule has 2 rings (SSSR count). The lowest BCUT2D eigenvalue weighted by atomic mass is 10.2. The quantitative estimate of drug-likeness (QED) is 0.663. The lowest BCUT2D eigenvalue weighted by Gasteiger charge is -2.16. The Balaban J connectivity index is 1.84. The van der Waals surface area contributed by atoms with E-state index in [1.165, 1.54) is 5.56 Å². The molecular formula is C13H20N2O2. The first-order valence-electron chi connectivity index (χ1n) is 6.08. The first-order chi connectivity index (χ1) is 8.29. The number of benzene rings is 1. The van der Waals surface area contributed by atoms with Crippen molar-refractivity contribution in [2.75, 3.05) is 26.2 Å². The maximum Gasteiger partial charge on any atom is 0.0832 e. The number of hydrogen-bond acceptors (Lipinski definition) is 4. The van der Waals surface area contributed by atoms with Crippen LogP contribution < -0.4 is 5.32 Å². The van der Waals surface area contributed by atoms with Crippen LogP contribution in [-0.4, -0.2) is 53.5 Å². The molecule has 1 heterocycles. The van der Waals surface area contributed by atoms with Crippen molar-refractivity contribution in [1.82, 2.24) is 10.2 Å². The molecular weight excluding hydrogens is 216 g/mol. The summed E-state index contributed by atoms with van der Waals surface area (Å²) in [5.74, 6) is 0. The molecule has 0 amide bonds. The lowest BCUT2D eigenvalue weighted by Crippen LogP contribution is -2.40. The Labute approximate surface area is 102 Å². The normalized spacial score (nSPS) is 25.3. The SMILES string of the molecule is OCCNC1CN(Cc2ccccc2)CC1O. The largest absolute Gasteiger partial charge is 0.395 e. The van der Waals surface area contributed by atoms with E-state index in [1.807, 2.05) is 18.2 Å². The Morgan fingerprint density at radius 1 is 1.24 bits per heavy atom. The van der Waals surface area contributed by atoms with Gasteiger partial charge in [-0.3, -0.25) is 4.90 Å². The van der Waals surface area contributed by atoms with Crippen LogP contribution in [0.5, 0.6) is 0 Å². The number of nitrogens with one attached hydrogen (secondary N) is 1. The van der Waals surface area contributed by atoms with E-state index < -0.39 is 0 Å². The summed E-state index contributed by atoms with van der Waals surface area (Å²) in [6, 6.07) is 10.3. The van der Waals surface area contributed by atoms with E-state index in [4.69, 9.17) is 5.11 Å². The maximum absolute atomic E-state index is 9.88. The molecule has 0 radical (unpaired) electrons. The monoisotopic (exact) mass is 236 g/mol. The molecule has 1 aromatic rings. The van der Waals surface area contributed by atoms with Gasteiger partial charge in [0.05, 0.1) is 12.7 Å². The first-order valence-corrected chi connectivity index (χ1v) is 6.08. The van der Waals surface area contributed by atoms with E-state index in [9.17, 15) is 5.11 Å². The predicted octanol–water partition coefficient (Wildman–Crippen LogP) is -0.186. The summed E-state index contributed by atoms with van der Waals surface area (Å²) in [5.41, 5.74) is 1.27. The smallest absolute Gasteiger partial charge is 0.0832 e. The summed E-state index contributed by atoms with van der Waals surface area (Å²) in [5, 5.41) is 21.8. The first kappa shape index (κ1) is 12.5. The average Bonchev–Trinajstić information content (AvgIpc) is 2.68. The van der Waals surface area contributed by atoms with Gasteiger partial charge in [-0.2, -0.15) is 0 Å². The van der Waals surface area contributed by atoms with Crippen LogP contribution in [-0.2, 0) is 6.54 Å². The molecule has 0 aliphatic carbocycles. The molecule has 2 unspecified atom stereocenters. The van der Waals surface area contributed by atoms with E-state index in [2.05, 4.69) is 22.3 Å². The number of rotatable bonds is 5. The van der Waals surface area contributed by atoms with E-state index in [0.29, 0.717) is 13.1 Å². The fraction of sp³-hybridized carbons (Fsp3) is 0.538. The number of aliphatic hydroxyl groups excluding tert-OH is 2. The molecule has 0 bridgehead atoms. The van der Waals surface area contributed by atoms with Gasteiger partial charge < -0.3 is 15.5 Å². The molecule has 1 saturated heterocycles. The summed E-state index contributed by atoms with van der Waals surface area (Å²) in [7, 11) is 0. The fourth-order valence-corrected chi connectivity index (χ4v) is 2.29. The van der Waals surface area contributed by atoms with Crippen LogP contribution in [0.4, 0.5) is 0 Å². The Morgan fingerprint density at radius 3 is 2.71 bits per heavy atom. The molecule has 3 N–H and O–H groups in total. The van der Waals surface area contributed by atoms with Gasteiger partial charge in [-0.1, -0.05) is 30.3 Å². The van der Waals surface area contributed by atoms with Crippen molar-refractivity contribution in [3.8, 4) is 0 Å². The second-order valence-corrected chi connectivity index (χ2v) is 4.53. The highest BCUT2D eigenvalue weighted by Gasteiger charge is 2.30. The summed E-state index contributed by atoms with van der Waals surface area (Å²) in [6.07, 6.45) is -0.342. The number of hydrogen-bond donors (Lipinski definition) is 3. The van der Waals surface area contributed by atoms with Crippen LogP contribution in [0.2, 0.25) is 0 Å². The second kappa shape index (κ2) is 6.12. The van der Waals surface area contributed by atoms with Crippen molar-refractivity contribution >= 4 is 0 Å². The molecule has 17 heavy (non-hydrogen) atoms. The van der Waals surface area contributed by atoms with Crippen LogP contribution >= 0.6 is 0 Å². The topological polar surface area (TPSA) is 55.7 Å². The van der Waals surface area contributed by atoms with Crippen LogP contribution in [0.1, 0.15) is 5.56 Å². The van der Waals surface area contributed by atoms with Crippen molar-refractivity contribution < 1.29 is 10.2 Å². The third kappa shape index (κ3) is 3.51. The minimum Gasteiger partial charge on any atom is -0.395 e. The Hall–Kier alpha value is -0.940. The van der Waals surface area contributed by atoms with E-state index in [0.717, 1.165) is 13.1 Å². The second-order valence-electron chi connectivity index (χ2n) is 4.53. The standard InChI is InChI=1S/C13H20N2O2/c16-7-6-14-12-9-15(10-13(12)17)8-11-4-2-1-3-5-11/h1-5,12-14,16-17H,6-10H2. The highest BCUT2D eigenvalue weighted by atomic mass is 16.3. The molecule has 94 valence electrons. The Bertz CT molecular complexity index is 331. The van der Waals surface area contributed by atoms with Crippen molar-refractivity contribution in [2.24, 2.45) is 0 Å². The van der Waals surface area contributed by atoms with Gasteiger partial charge in [0.2, 0.25) is 0 Å². The zero-order chi connectivity index (χ0) is 12.1. The van der Waals surface area contributed by atoms with Gasteiger partial charge in [-0.15, -0.1) is 0 Å². The third-order valence-corrected chi connectivity index (χ3v) is 3.13. The van der Waals surface area contributed by atoms with Crippen LogP contribution in [0.25, 0.3) is 0 Å². The molecule has 1 aliphatic rings. The molecule has 1 aromatic carbocycles. The zero-order valence-electron chi connectivity index (χ0n) is 9.92. The van der Waals surface area contributed by atoms with Gasteiger partial charge in [-0.05, 0) is 5.56 Å². The van der Waals surface area contributed by atoms with Gasteiger partial charge in [-0.25, -0.2) is 0 Å². The molecule has 0 saturated carbocycles. The Morgan fingerprint density at radius 2 is 2.00 bits per heavy atom. The van der Waals surface area contributed by atoms with Crippen molar-refractivity contribution in [3.63, 3.8) is 0 Å². The molecule has 2 atom stereocenters. The maximum atomic E-state index is 9.88. The van der Waals surface area contributed by atoms with Gasteiger partial charge in [0.1, 0.15) is 0 Å². The molecule has 1 fully saturated rings. The van der Waals surface area contributed by atoms with Gasteiger partial charge in [0, 0.05) is 32.2 Å². The molecule has 1 aliphatic heterocycles. The molecule has 0 aromatic heterocycles. The number of β-amino-alcohol motifs (C(OH)–C–C–N with tert-alkyl or cyclic N) is 1. The van der Waals surface area contributed by atoms with E-state index >= 15 is 0 Å². The molecule has 0 spiro atoms. The third-order valence-electron chi connectivity index (χ3n) is 3.13. The minimum absolute atomic E-state index is 0.0749. The van der Waals surface area contributed by atoms with Crippen LogP contribution in [0.15, 0.2) is 30.3 Å². The molecule has 4 nitrogen and oxygen atoms in total. The number of nitrogens with zero attached hydrogens (tertiary/aromatic N) is 1. The fourth-order valence-electron chi connectivity index (χ4n) is 2.29. The van der Waals surface area contributed by atoms with E-state index in [1.54, 1.807) is 0 Å². The summed E-state index contributed by atoms with van der Waals surface area (Å²) >= 11 is 0. The predicted molar refractivity (Wildman–Crippen MR) is 66.6 cm³/mol. The van der Waals surface area contributed by atoms with Crippen molar-refractivity contribution in [2.45, 2.75) is 18.7 Å². The number of likely N-dealkylation sites (tertiary alicyclic amines) is 1. The van der Waals surface area contributed by atoms with Crippen LogP contribution in [0, 0.1) is 0 Å². The van der Waals surface area contributed by atoms with Gasteiger partial charge in [0.25, 0.3) is 0 Å². The number of aliphatic hydroxyl groups is 2. The van der Waals surface area contributed by atoms with Crippen molar-refractivity contribution in [1.29, 1.82) is 0 Å². The van der Waals surface area contributed by atoms with E-state index in [-0.39, 0.29) is 18.8 Å². The lowest BCUT2D eigenvalue weighted by molar-refractivity contribution is 0.150. The summed E-state index contributed by atoms with van der Waals surface area (Å²) in [4.78, 5) is 2.23. The van der Waals surface area contributed by atoms with Crippen LogP contribution in [0.3, 0.4) is 0 Å². The van der Waals surface area contributed by atoms with Gasteiger partial charge in [0.15, 0.2) is 0 Å². The average molecular weight is 236 g/mol. The highest BCUT2D eigenvalue weighted by molar-refractivity contribution is 5.14. The summed E-state index contributed by atoms with van der Waals surface area (Å²) < 4.78 is 0. The van der Waals surface area contributed by atoms with Gasteiger partial charge >= 0.3 is 0 Å². The van der Waals surface area contributed by atoms with Crippen molar-refractivity contribution in [3.05, 3.63) is 35.9 Å². The Kier molecular flexibility index (Phi) is 4.50. The summed E-state index contributed by atoms with van der Waals surface area (Å²) in [6.45, 7) is 3.05. The zero-order valence-corrected chi connectivity index (χ0v) is 9.92. The molecule has 4 heteroatoms. The highest BCUT2D eigenvalue weighted by Crippen LogP contribution is 2.13.